The predicted octanol–water partition coefficient (Wildman–Crippen LogP) is 5.17. The van der Waals surface area contributed by atoms with Gasteiger partial charge in [0.2, 0.25) is 0 Å². The Kier molecular flexibility index (Phi) is 6.30. The van der Waals surface area contributed by atoms with Crippen molar-refractivity contribution in [1.82, 2.24) is 4.90 Å². The summed E-state index contributed by atoms with van der Waals surface area (Å²) in [6.45, 7) is 9.85. The molecule has 4 fully saturated rings. The van der Waals surface area contributed by atoms with E-state index in [2.05, 4.69) is 18.8 Å². The minimum absolute atomic E-state index is 0.000823. The van der Waals surface area contributed by atoms with E-state index in [9.17, 15) is 9.59 Å². The van der Waals surface area contributed by atoms with Crippen molar-refractivity contribution in [2.45, 2.75) is 110 Å². The van der Waals surface area contributed by atoms with Crippen molar-refractivity contribution in [1.29, 1.82) is 0 Å². The molecule has 2 saturated heterocycles. The second-order valence-electron chi connectivity index (χ2n) is 11.3. The molecule has 0 unspecified atom stereocenters. The Balaban J connectivity index is 1.60. The van der Waals surface area contributed by atoms with Gasteiger partial charge in [0.25, 0.3) is 0 Å². The highest BCUT2D eigenvalue weighted by Gasteiger charge is 2.54. The van der Waals surface area contributed by atoms with E-state index in [4.69, 9.17) is 9.47 Å². The fourth-order valence-corrected chi connectivity index (χ4v) is 6.59. The molecule has 0 aromatic heterocycles. The lowest BCUT2D eigenvalue weighted by Crippen LogP contribution is -2.50. The number of carbonyl (C=O) groups excluding carboxylic acids is 2. The van der Waals surface area contributed by atoms with Crippen LogP contribution in [0.5, 0.6) is 0 Å². The van der Waals surface area contributed by atoms with Gasteiger partial charge in [-0.2, -0.15) is 0 Å². The summed E-state index contributed by atoms with van der Waals surface area (Å²) in [5.74, 6) is 8.67. The number of amides is 1. The Labute approximate surface area is 187 Å². The van der Waals surface area contributed by atoms with Crippen LogP contribution in [0, 0.1) is 41.4 Å². The first-order valence-corrected chi connectivity index (χ1v) is 12.4. The van der Waals surface area contributed by atoms with Crippen molar-refractivity contribution in [3.8, 4) is 11.8 Å². The Morgan fingerprint density at radius 3 is 2.55 bits per heavy atom. The summed E-state index contributed by atoms with van der Waals surface area (Å²) >= 11 is 0. The van der Waals surface area contributed by atoms with Crippen LogP contribution in [0.4, 0.5) is 4.79 Å². The Hall–Kier alpha value is -1.70. The Morgan fingerprint density at radius 2 is 1.81 bits per heavy atom. The summed E-state index contributed by atoms with van der Waals surface area (Å²) in [5.41, 5.74) is -0.519. The lowest BCUT2D eigenvalue weighted by atomic mass is 9.57. The number of rotatable bonds is 0. The average Bonchev–Trinajstić information content (AvgIpc) is 2.97. The summed E-state index contributed by atoms with van der Waals surface area (Å²) in [7, 11) is 0. The topological polar surface area (TPSA) is 55.8 Å². The molecule has 0 bridgehead atoms. The largest absolute Gasteiger partial charge is 0.462 e. The second kappa shape index (κ2) is 8.68. The Bertz CT molecular complexity index is 760. The number of ether oxygens (including phenoxy) is 2. The maximum Gasteiger partial charge on any atom is 0.411 e. The summed E-state index contributed by atoms with van der Waals surface area (Å²) in [6.07, 6.45) is 8.51. The zero-order valence-electron chi connectivity index (χ0n) is 19.9. The fourth-order valence-electron chi connectivity index (χ4n) is 6.59. The summed E-state index contributed by atoms with van der Waals surface area (Å²) in [6, 6.07) is 0.00842. The normalized spacial score (nSPS) is 40.2. The SMILES string of the molecule is C[C@@H]1OC(=O)[C@@H]2C[C@H]3CCCC[C@@H]3[C@@H](C#C[C@H]3CCC[C@H](C)N3C(=O)OC(C)(C)C)[C@@H]12. The van der Waals surface area contributed by atoms with Crippen LogP contribution in [-0.4, -0.2) is 40.8 Å². The molecule has 0 N–H and O–H groups in total. The molecule has 1 amide bonds. The molecule has 2 aliphatic heterocycles. The van der Waals surface area contributed by atoms with Crippen LogP contribution < -0.4 is 0 Å². The molecule has 0 spiro atoms. The number of piperidine rings is 1. The van der Waals surface area contributed by atoms with Gasteiger partial charge in [-0.1, -0.05) is 31.1 Å². The van der Waals surface area contributed by atoms with Gasteiger partial charge in [0.05, 0.1) is 12.0 Å². The third kappa shape index (κ3) is 4.59. The van der Waals surface area contributed by atoms with E-state index in [-0.39, 0.29) is 48.0 Å². The van der Waals surface area contributed by atoms with E-state index >= 15 is 0 Å². The number of nitrogens with zero attached hydrogens (tertiary/aromatic N) is 1. The summed E-state index contributed by atoms with van der Waals surface area (Å²) in [5, 5.41) is 0. The first-order valence-electron chi connectivity index (χ1n) is 12.4. The number of carbonyl (C=O) groups is 2. The smallest absolute Gasteiger partial charge is 0.411 e. The van der Waals surface area contributed by atoms with Gasteiger partial charge in [-0.05, 0) is 78.6 Å². The van der Waals surface area contributed by atoms with Crippen LogP contribution in [0.25, 0.3) is 0 Å². The van der Waals surface area contributed by atoms with Crippen LogP contribution >= 0.6 is 0 Å². The van der Waals surface area contributed by atoms with Gasteiger partial charge in [-0.25, -0.2) is 4.79 Å². The monoisotopic (exact) mass is 429 g/mol. The molecule has 5 heteroatoms. The highest BCUT2D eigenvalue weighted by atomic mass is 16.6. The molecule has 0 radical (unpaired) electrons. The third-order valence-electron chi connectivity index (χ3n) is 7.94. The number of hydrogen-bond acceptors (Lipinski definition) is 4. The van der Waals surface area contributed by atoms with Crippen molar-refractivity contribution in [2.24, 2.45) is 29.6 Å². The number of cyclic esters (lactones) is 1. The van der Waals surface area contributed by atoms with Crippen LogP contribution in [0.1, 0.15) is 86.0 Å². The van der Waals surface area contributed by atoms with Gasteiger partial charge < -0.3 is 9.47 Å². The van der Waals surface area contributed by atoms with Gasteiger partial charge in [-0.15, -0.1) is 0 Å². The molecule has 2 aliphatic carbocycles. The molecule has 4 aliphatic rings. The number of esters is 1. The molecule has 31 heavy (non-hydrogen) atoms. The maximum atomic E-state index is 13.0. The maximum absolute atomic E-state index is 13.0. The molecule has 172 valence electrons. The summed E-state index contributed by atoms with van der Waals surface area (Å²) < 4.78 is 11.4. The van der Waals surface area contributed by atoms with Gasteiger partial charge in [0, 0.05) is 17.9 Å². The van der Waals surface area contributed by atoms with Crippen molar-refractivity contribution in [3.05, 3.63) is 0 Å². The van der Waals surface area contributed by atoms with Crippen LogP contribution in [0.2, 0.25) is 0 Å². The highest BCUT2D eigenvalue weighted by molar-refractivity contribution is 5.75. The predicted molar refractivity (Wildman–Crippen MR) is 119 cm³/mol. The molecule has 2 heterocycles. The van der Waals surface area contributed by atoms with Gasteiger partial charge >= 0.3 is 12.1 Å². The minimum atomic E-state index is -0.519. The zero-order valence-corrected chi connectivity index (χ0v) is 19.9. The number of likely N-dealkylation sites (tertiary alicyclic amines) is 1. The van der Waals surface area contributed by atoms with Crippen molar-refractivity contribution in [3.63, 3.8) is 0 Å². The second-order valence-corrected chi connectivity index (χ2v) is 11.3. The first kappa shape index (κ1) is 22.5. The van der Waals surface area contributed by atoms with E-state index in [1.54, 1.807) is 0 Å². The fraction of sp³-hybridized carbons (Fsp3) is 0.846. The van der Waals surface area contributed by atoms with E-state index < -0.39 is 5.60 Å². The van der Waals surface area contributed by atoms with E-state index in [1.807, 2.05) is 32.6 Å². The number of fused-ring (bicyclic) bond motifs is 2. The van der Waals surface area contributed by atoms with Gasteiger partial charge in [0.1, 0.15) is 11.7 Å². The molecular weight excluding hydrogens is 390 g/mol. The molecular formula is C26H39NO4. The summed E-state index contributed by atoms with van der Waals surface area (Å²) in [4.78, 5) is 27.3. The highest BCUT2D eigenvalue weighted by Crippen LogP contribution is 2.52. The van der Waals surface area contributed by atoms with Crippen molar-refractivity contribution in [2.75, 3.05) is 0 Å². The van der Waals surface area contributed by atoms with E-state index in [0.717, 1.165) is 25.7 Å². The van der Waals surface area contributed by atoms with Crippen LogP contribution in [-0.2, 0) is 14.3 Å². The number of hydrogen-bond donors (Lipinski definition) is 0. The van der Waals surface area contributed by atoms with E-state index in [0.29, 0.717) is 11.8 Å². The molecule has 0 aromatic rings. The minimum Gasteiger partial charge on any atom is -0.462 e. The zero-order chi connectivity index (χ0) is 22.3. The average molecular weight is 430 g/mol. The first-order chi connectivity index (χ1) is 14.7. The Morgan fingerprint density at radius 1 is 1.06 bits per heavy atom. The van der Waals surface area contributed by atoms with E-state index in [1.165, 1.54) is 25.7 Å². The third-order valence-corrected chi connectivity index (χ3v) is 7.94. The standard InChI is InChI=1S/C26H39NO4/c1-16-9-8-11-19(27(16)25(29)31-26(3,4)5)13-14-21-20-12-7-6-10-18(20)15-22-23(21)17(2)30-24(22)28/h16-23H,6-12,15H2,1-5H3/t16-,17-,18+,19+,20-,21+,22+,23+/m0/s1. The van der Waals surface area contributed by atoms with Crippen LogP contribution in [0.15, 0.2) is 0 Å². The molecule has 0 aromatic carbocycles. The quantitative estimate of drug-likeness (QED) is 0.394. The molecule has 8 atom stereocenters. The van der Waals surface area contributed by atoms with Gasteiger partial charge in [-0.3, -0.25) is 9.69 Å². The van der Waals surface area contributed by atoms with Crippen molar-refractivity contribution < 1.29 is 19.1 Å². The lowest BCUT2D eigenvalue weighted by molar-refractivity contribution is -0.144. The molecule has 5 nitrogen and oxygen atoms in total. The lowest BCUT2D eigenvalue weighted by Gasteiger charge is -2.45. The van der Waals surface area contributed by atoms with Crippen LogP contribution in [0.3, 0.4) is 0 Å². The molecule has 2 saturated carbocycles. The van der Waals surface area contributed by atoms with Crippen molar-refractivity contribution >= 4 is 12.1 Å². The molecule has 4 rings (SSSR count). The van der Waals surface area contributed by atoms with Gasteiger partial charge in [0.15, 0.2) is 0 Å².